The molecule has 0 radical (unpaired) electrons. The highest BCUT2D eigenvalue weighted by molar-refractivity contribution is 7.80. The fourth-order valence-corrected chi connectivity index (χ4v) is 4.21. The zero-order chi connectivity index (χ0) is 22.5. The predicted octanol–water partition coefficient (Wildman–Crippen LogP) is 4.61. The van der Waals surface area contributed by atoms with Gasteiger partial charge in [-0.15, -0.1) is 0 Å². The normalized spacial score (nSPS) is 15.6. The average molecular weight is 452 g/mol. The van der Waals surface area contributed by atoms with E-state index in [4.69, 9.17) is 21.7 Å². The lowest BCUT2D eigenvalue weighted by atomic mass is 10.1. The molecule has 32 heavy (non-hydrogen) atoms. The Balaban J connectivity index is 1.56. The zero-order valence-electron chi connectivity index (χ0n) is 18.5. The van der Waals surface area contributed by atoms with E-state index < -0.39 is 0 Å². The monoisotopic (exact) mass is 451 g/mol. The van der Waals surface area contributed by atoms with Crippen LogP contribution in [0.25, 0.3) is 10.9 Å². The minimum Gasteiger partial charge on any atom is -0.494 e. The van der Waals surface area contributed by atoms with E-state index >= 15 is 0 Å². The Bertz CT molecular complexity index is 1140. The Morgan fingerprint density at radius 1 is 1.25 bits per heavy atom. The van der Waals surface area contributed by atoms with Gasteiger partial charge in [-0.2, -0.15) is 0 Å². The molecule has 4 rings (SSSR count). The summed E-state index contributed by atoms with van der Waals surface area (Å²) in [6, 6.07) is 15.7. The summed E-state index contributed by atoms with van der Waals surface area (Å²) in [6.07, 6.45) is 2.15. The summed E-state index contributed by atoms with van der Waals surface area (Å²) < 4.78 is 11.4. The van der Waals surface area contributed by atoms with Crippen molar-refractivity contribution in [3.05, 3.63) is 70.0 Å². The number of ether oxygens (including phenoxy) is 2. The lowest BCUT2D eigenvalue weighted by molar-refractivity contribution is 0.0904. The van der Waals surface area contributed by atoms with Crippen LogP contribution in [-0.4, -0.2) is 40.9 Å². The lowest BCUT2D eigenvalue weighted by Gasteiger charge is -2.28. The molecular formula is C25H29N3O3S. The Labute approximate surface area is 193 Å². The van der Waals surface area contributed by atoms with Crippen LogP contribution in [0.5, 0.6) is 5.75 Å². The lowest BCUT2D eigenvalue weighted by Crippen LogP contribution is -2.40. The summed E-state index contributed by atoms with van der Waals surface area (Å²) >= 11 is 5.75. The molecule has 1 aliphatic heterocycles. The molecule has 7 heteroatoms. The Morgan fingerprint density at radius 3 is 2.78 bits per heavy atom. The van der Waals surface area contributed by atoms with Crippen LogP contribution in [0.1, 0.15) is 30.9 Å². The molecule has 168 valence electrons. The van der Waals surface area contributed by atoms with E-state index in [-0.39, 0.29) is 11.7 Å². The second kappa shape index (κ2) is 10.1. The number of benzene rings is 2. The number of aromatic amines is 1. The standard InChI is InChI=1S/C25H29N3O3S/c1-3-30-21-9-7-20(8-10-21)26-25(32)28(16-22-5-4-12-31-22)15-19-14-18-13-17(2)6-11-23(18)27-24(19)29/h6-11,13-14,22H,3-5,12,15-16H2,1-2H3,(H,26,32)(H,27,29)/t22-/m0/s1. The Hall–Kier alpha value is -2.90. The summed E-state index contributed by atoms with van der Waals surface area (Å²) in [5.41, 5.74) is 3.45. The molecule has 2 heterocycles. The Kier molecular flexibility index (Phi) is 7.07. The van der Waals surface area contributed by atoms with Crippen LogP contribution < -0.4 is 15.6 Å². The molecule has 0 aliphatic carbocycles. The number of aryl methyl sites for hydroxylation is 1. The molecule has 1 aromatic heterocycles. The minimum atomic E-state index is -0.0949. The third kappa shape index (κ3) is 5.47. The molecule has 6 nitrogen and oxygen atoms in total. The SMILES string of the molecule is CCOc1ccc(NC(=S)N(Cc2cc3cc(C)ccc3[nH]c2=O)C[C@@H]2CCCO2)cc1. The molecule has 0 unspecified atom stereocenters. The Morgan fingerprint density at radius 2 is 2.06 bits per heavy atom. The average Bonchev–Trinajstić information content (AvgIpc) is 3.29. The molecule has 1 atom stereocenters. The first-order chi connectivity index (χ1) is 15.5. The third-order valence-electron chi connectivity index (χ3n) is 5.59. The number of anilines is 1. The first-order valence-corrected chi connectivity index (χ1v) is 11.5. The molecule has 1 fully saturated rings. The molecule has 0 saturated carbocycles. The van der Waals surface area contributed by atoms with Gasteiger partial charge in [0.25, 0.3) is 5.56 Å². The maximum absolute atomic E-state index is 12.8. The molecule has 3 aromatic rings. The number of hydrogen-bond donors (Lipinski definition) is 2. The highest BCUT2D eigenvalue weighted by Gasteiger charge is 2.22. The summed E-state index contributed by atoms with van der Waals surface area (Å²) in [7, 11) is 0. The number of H-pyrrole nitrogens is 1. The molecule has 1 saturated heterocycles. The largest absolute Gasteiger partial charge is 0.494 e. The number of aromatic nitrogens is 1. The van der Waals surface area contributed by atoms with Crippen LogP contribution in [0, 0.1) is 6.92 Å². The van der Waals surface area contributed by atoms with Crippen LogP contribution in [0.3, 0.4) is 0 Å². The quantitative estimate of drug-likeness (QED) is 0.511. The van der Waals surface area contributed by atoms with Gasteiger partial charge in [-0.1, -0.05) is 11.6 Å². The number of fused-ring (bicyclic) bond motifs is 1. The second-order valence-electron chi connectivity index (χ2n) is 8.12. The highest BCUT2D eigenvalue weighted by Crippen LogP contribution is 2.20. The van der Waals surface area contributed by atoms with E-state index in [1.807, 2.05) is 61.2 Å². The van der Waals surface area contributed by atoms with E-state index in [0.29, 0.717) is 30.4 Å². The first-order valence-electron chi connectivity index (χ1n) is 11.0. The van der Waals surface area contributed by atoms with Gasteiger partial charge in [0.05, 0.1) is 19.3 Å². The van der Waals surface area contributed by atoms with Crippen molar-refractivity contribution in [2.45, 2.75) is 39.3 Å². The van der Waals surface area contributed by atoms with Gasteiger partial charge in [-0.05, 0) is 86.8 Å². The van der Waals surface area contributed by atoms with Crippen LogP contribution in [0.15, 0.2) is 53.3 Å². The summed E-state index contributed by atoms with van der Waals surface area (Å²) in [5.74, 6) is 0.818. The van der Waals surface area contributed by atoms with E-state index in [2.05, 4.69) is 16.4 Å². The van der Waals surface area contributed by atoms with Gasteiger partial charge in [0.15, 0.2) is 5.11 Å². The molecule has 2 aromatic carbocycles. The van der Waals surface area contributed by atoms with Crippen molar-refractivity contribution in [3.8, 4) is 5.75 Å². The summed E-state index contributed by atoms with van der Waals surface area (Å²) in [6.45, 7) is 6.44. The van der Waals surface area contributed by atoms with E-state index in [1.54, 1.807) is 0 Å². The fourth-order valence-electron chi connectivity index (χ4n) is 3.95. The second-order valence-corrected chi connectivity index (χ2v) is 8.50. The number of nitrogens with zero attached hydrogens (tertiary/aromatic N) is 1. The van der Waals surface area contributed by atoms with Crippen molar-refractivity contribution in [2.24, 2.45) is 0 Å². The van der Waals surface area contributed by atoms with E-state index in [1.165, 1.54) is 0 Å². The topological polar surface area (TPSA) is 66.6 Å². The van der Waals surface area contributed by atoms with Crippen LogP contribution in [-0.2, 0) is 11.3 Å². The van der Waals surface area contributed by atoms with Crippen molar-refractivity contribution in [2.75, 3.05) is 25.1 Å². The van der Waals surface area contributed by atoms with Gasteiger partial charge in [-0.3, -0.25) is 4.79 Å². The molecule has 0 bridgehead atoms. The van der Waals surface area contributed by atoms with Crippen molar-refractivity contribution in [1.82, 2.24) is 9.88 Å². The summed E-state index contributed by atoms with van der Waals surface area (Å²) in [4.78, 5) is 17.8. The van der Waals surface area contributed by atoms with Gasteiger partial charge < -0.3 is 24.7 Å². The van der Waals surface area contributed by atoms with Gasteiger partial charge >= 0.3 is 0 Å². The maximum Gasteiger partial charge on any atom is 0.253 e. The number of rotatable bonds is 7. The van der Waals surface area contributed by atoms with Crippen molar-refractivity contribution in [1.29, 1.82) is 0 Å². The van der Waals surface area contributed by atoms with Gasteiger partial charge in [0.1, 0.15) is 5.75 Å². The van der Waals surface area contributed by atoms with E-state index in [0.717, 1.165) is 47.4 Å². The molecule has 1 aliphatic rings. The summed E-state index contributed by atoms with van der Waals surface area (Å²) in [5, 5.41) is 4.88. The molecule has 2 N–H and O–H groups in total. The highest BCUT2D eigenvalue weighted by atomic mass is 32.1. The van der Waals surface area contributed by atoms with Crippen LogP contribution >= 0.6 is 12.2 Å². The van der Waals surface area contributed by atoms with Gasteiger partial charge in [0, 0.05) is 29.9 Å². The maximum atomic E-state index is 12.8. The van der Waals surface area contributed by atoms with Gasteiger partial charge in [-0.25, -0.2) is 0 Å². The number of nitrogens with one attached hydrogen (secondary N) is 2. The van der Waals surface area contributed by atoms with Crippen molar-refractivity contribution < 1.29 is 9.47 Å². The number of hydrogen-bond acceptors (Lipinski definition) is 4. The fraction of sp³-hybridized carbons (Fsp3) is 0.360. The number of pyridine rings is 1. The van der Waals surface area contributed by atoms with Crippen molar-refractivity contribution in [3.63, 3.8) is 0 Å². The van der Waals surface area contributed by atoms with E-state index in [9.17, 15) is 4.79 Å². The predicted molar refractivity (Wildman–Crippen MR) is 133 cm³/mol. The first kappa shape index (κ1) is 22.3. The number of thiocarbonyl (C=S) groups is 1. The molecular weight excluding hydrogens is 422 g/mol. The van der Waals surface area contributed by atoms with Gasteiger partial charge in [0.2, 0.25) is 0 Å². The zero-order valence-corrected chi connectivity index (χ0v) is 19.3. The molecule has 0 spiro atoms. The molecule has 0 amide bonds. The van der Waals surface area contributed by atoms with Crippen LogP contribution in [0.2, 0.25) is 0 Å². The smallest absolute Gasteiger partial charge is 0.253 e. The van der Waals surface area contributed by atoms with Crippen LogP contribution in [0.4, 0.5) is 5.69 Å². The third-order valence-corrected chi connectivity index (χ3v) is 5.95. The van der Waals surface area contributed by atoms with Crippen molar-refractivity contribution >= 4 is 33.9 Å². The minimum absolute atomic E-state index is 0.0949.